The minimum Gasteiger partial charge on any atom is -0.507 e. The lowest BCUT2D eigenvalue weighted by atomic mass is 10.1. The van der Waals surface area contributed by atoms with Crippen molar-refractivity contribution in [3.63, 3.8) is 0 Å². The Morgan fingerprint density at radius 1 is 0.562 bits per heavy atom. The summed E-state index contributed by atoms with van der Waals surface area (Å²) >= 11 is 0. The first-order valence-corrected chi connectivity index (χ1v) is 11.6. The first-order valence-electron chi connectivity index (χ1n) is 8.75. The summed E-state index contributed by atoms with van der Waals surface area (Å²) in [7, 11) is -8.66. The van der Waals surface area contributed by atoms with E-state index in [4.69, 9.17) is 20.6 Å². The lowest BCUT2D eigenvalue weighted by Gasteiger charge is -2.04. The predicted molar refractivity (Wildman–Crippen MR) is 120 cm³/mol. The molecule has 0 amide bonds. The molecule has 32 heavy (non-hydrogen) atoms. The van der Waals surface area contributed by atoms with Crippen LogP contribution in [0.15, 0.2) is 70.5 Å². The Morgan fingerprint density at radius 3 is 1.22 bits per heavy atom. The number of aromatic hydroxyl groups is 2. The molecular formula is C20H18N2O8S2. The van der Waals surface area contributed by atoms with Crippen LogP contribution in [0.1, 0.15) is 0 Å². The van der Waals surface area contributed by atoms with E-state index < -0.39 is 20.2 Å². The summed E-state index contributed by atoms with van der Waals surface area (Å²) in [5.74, 6) is -0.435. The third-order valence-corrected chi connectivity index (χ3v) is 6.12. The molecular weight excluding hydrogens is 460 g/mol. The predicted octanol–water partition coefficient (Wildman–Crippen LogP) is 2.75. The summed E-state index contributed by atoms with van der Waals surface area (Å²) in [6, 6.07) is 13.9. The Hall–Kier alpha value is -3.58. The molecule has 4 rings (SSSR count). The lowest BCUT2D eigenvalue weighted by Crippen LogP contribution is -1.98. The molecule has 0 atom stereocenters. The fourth-order valence-corrected chi connectivity index (χ4v) is 4.05. The molecule has 12 heteroatoms. The van der Waals surface area contributed by atoms with Crippen LogP contribution in [-0.4, -0.2) is 36.2 Å². The molecule has 0 radical (unpaired) electrons. The van der Waals surface area contributed by atoms with Crippen LogP contribution in [0.4, 0.5) is 11.4 Å². The van der Waals surface area contributed by atoms with E-state index in [1.54, 1.807) is 24.3 Å². The molecule has 10 nitrogen and oxygen atoms in total. The number of phenolic OH excluding ortho intramolecular Hbond substituents is 2. The number of fused-ring (bicyclic) bond motifs is 2. The molecule has 0 unspecified atom stereocenters. The number of phenols is 2. The van der Waals surface area contributed by atoms with E-state index in [-0.39, 0.29) is 21.3 Å². The number of hydrogen-bond acceptors (Lipinski definition) is 8. The van der Waals surface area contributed by atoms with Crippen LogP contribution in [0, 0.1) is 0 Å². The molecule has 4 aromatic rings. The van der Waals surface area contributed by atoms with E-state index in [0.717, 1.165) is 12.1 Å². The van der Waals surface area contributed by atoms with Gasteiger partial charge in [-0.3, -0.25) is 9.11 Å². The second-order valence-electron chi connectivity index (χ2n) is 6.80. The molecule has 0 saturated carbocycles. The lowest BCUT2D eigenvalue weighted by molar-refractivity contribution is 0.470. The molecule has 0 heterocycles. The molecule has 0 fully saturated rings. The zero-order valence-corrected chi connectivity index (χ0v) is 17.8. The molecule has 168 valence electrons. The fraction of sp³-hybridized carbons (Fsp3) is 0. The van der Waals surface area contributed by atoms with E-state index >= 15 is 0 Å². The van der Waals surface area contributed by atoms with Gasteiger partial charge in [0.2, 0.25) is 0 Å². The van der Waals surface area contributed by atoms with Gasteiger partial charge < -0.3 is 21.7 Å². The summed E-state index contributed by atoms with van der Waals surface area (Å²) in [4.78, 5) is -0.716. The van der Waals surface area contributed by atoms with Gasteiger partial charge in [-0.25, -0.2) is 0 Å². The monoisotopic (exact) mass is 478 g/mol. The highest BCUT2D eigenvalue weighted by molar-refractivity contribution is 7.86. The van der Waals surface area contributed by atoms with Crippen LogP contribution in [0.2, 0.25) is 0 Å². The van der Waals surface area contributed by atoms with Gasteiger partial charge >= 0.3 is 0 Å². The Morgan fingerprint density at radius 2 is 0.906 bits per heavy atom. The van der Waals surface area contributed by atoms with Gasteiger partial charge in [0.25, 0.3) is 20.2 Å². The van der Waals surface area contributed by atoms with E-state index in [2.05, 4.69) is 0 Å². The van der Waals surface area contributed by atoms with Crippen LogP contribution >= 0.6 is 0 Å². The smallest absolute Gasteiger partial charge is 0.294 e. The quantitative estimate of drug-likeness (QED) is 0.184. The van der Waals surface area contributed by atoms with Gasteiger partial charge in [0.15, 0.2) is 0 Å². The van der Waals surface area contributed by atoms with Gasteiger partial charge in [-0.2, -0.15) is 16.8 Å². The Balaban J connectivity index is 0.000000181. The molecule has 0 aliphatic carbocycles. The third-order valence-electron chi connectivity index (χ3n) is 4.45. The molecule has 0 saturated heterocycles. The van der Waals surface area contributed by atoms with Crippen molar-refractivity contribution in [3.8, 4) is 11.5 Å². The van der Waals surface area contributed by atoms with E-state index in [1.807, 2.05) is 0 Å². The average molecular weight is 479 g/mol. The largest absolute Gasteiger partial charge is 0.507 e. The van der Waals surface area contributed by atoms with Gasteiger partial charge in [-0.05, 0) is 59.3 Å². The highest BCUT2D eigenvalue weighted by atomic mass is 32.2. The molecule has 0 aliphatic rings. The van der Waals surface area contributed by atoms with Crippen molar-refractivity contribution in [2.24, 2.45) is 0 Å². The maximum atomic E-state index is 10.9. The average Bonchev–Trinajstić information content (AvgIpc) is 2.66. The fourth-order valence-electron chi connectivity index (χ4n) is 2.98. The molecule has 8 N–H and O–H groups in total. The molecule has 0 spiro atoms. The normalized spacial score (nSPS) is 11.8. The number of nitrogen functional groups attached to an aromatic ring is 2. The maximum absolute atomic E-state index is 10.9. The second kappa shape index (κ2) is 8.16. The van der Waals surface area contributed by atoms with Crippen LogP contribution in [-0.2, 0) is 20.2 Å². The number of anilines is 2. The van der Waals surface area contributed by atoms with Crippen molar-refractivity contribution in [3.05, 3.63) is 60.7 Å². The van der Waals surface area contributed by atoms with Crippen molar-refractivity contribution in [1.29, 1.82) is 0 Å². The standard InChI is InChI=1S/2C10H9NO4S/c2*11-7-1-2-9-6(3-7)4-8(5-10(9)12)16(13,14)15/h2*1-5,12H,11H2,(H,13,14,15). The topological polar surface area (TPSA) is 201 Å². The van der Waals surface area contributed by atoms with E-state index in [0.29, 0.717) is 32.9 Å². The van der Waals surface area contributed by atoms with Crippen molar-refractivity contribution < 1.29 is 36.2 Å². The number of benzene rings is 4. The van der Waals surface area contributed by atoms with Crippen molar-refractivity contribution >= 4 is 53.2 Å². The highest BCUT2D eigenvalue weighted by Crippen LogP contribution is 2.30. The van der Waals surface area contributed by atoms with Crippen LogP contribution in [0.3, 0.4) is 0 Å². The Labute approximate surface area is 182 Å². The van der Waals surface area contributed by atoms with Crippen molar-refractivity contribution in [2.45, 2.75) is 9.79 Å². The van der Waals surface area contributed by atoms with E-state index in [9.17, 15) is 27.0 Å². The molecule has 0 aliphatic heterocycles. The van der Waals surface area contributed by atoms with Crippen LogP contribution in [0.5, 0.6) is 11.5 Å². The summed E-state index contributed by atoms with van der Waals surface area (Å²) in [6.07, 6.45) is 0. The number of nitrogens with two attached hydrogens (primary N) is 2. The van der Waals surface area contributed by atoms with Crippen LogP contribution in [0.25, 0.3) is 21.5 Å². The Bertz CT molecular complexity index is 1450. The third kappa shape index (κ3) is 5.00. The van der Waals surface area contributed by atoms with Gasteiger partial charge in [0, 0.05) is 34.3 Å². The number of rotatable bonds is 2. The Kier molecular flexibility index (Phi) is 5.89. The van der Waals surface area contributed by atoms with E-state index in [1.165, 1.54) is 24.3 Å². The van der Waals surface area contributed by atoms with Gasteiger partial charge in [-0.1, -0.05) is 0 Å². The summed E-state index contributed by atoms with van der Waals surface area (Å²) in [6.45, 7) is 0. The van der Waals surface area contributed by atoms with Crippen molar-refractivity contribution in [1.82, 2.24) is 0 Å². The second-order valence-corrected chi connectivity index (χ2v) is 9.64. The first kappa shape index (κ1) is 23.1. The number of hydrogen-bond donors (Lipinski definition) is 6. The zero-order chi connectivity index (χ0) is 23.8. The van der Waals surface area contributed by atoms with Gasteiger partial charge in [0.1, 0.15) is 11.5 Å². The minimum atomic E-state index is -4.33. The summed E-state index contributed by atoms with van der Waals surface area (Å²) < 4.78 is 61.5. The molecule has 4 aromatic carbocycles. The van der Waals surface area contributed by atoms with Gasteiger partial charge in [-0.15, -0.1) is 0 Å². The van der Waals surface area contributed by atoms with Crippen LogP contribution < -0.4 is 11.5 Å². The van der Waals surface area contributed by atoms with Gasteiger partial charge in [0.05, 0.1) is 9.79 Å². The summed E-state index contributed by atoms with van der Waals surface area (Å²) in [5, 5.41) is 21.0. The molecule has 0 aromatic heterocycles. The maximum Gasteiger partial charge on any atom is 0.294 e. The first-order chi connectivity index (χ1) is 14.8. The zero-order valence-electron chi connectivity index (χ0n) is 16.2. The molecule has 0 bridgehead atoms. The SMILES string of the molecule is Nc1ccc2c(O)cc(S(=O)(=O)O)cc2c1.Nc1ccc2c(O)cc(S(=O)(=O)O)cc2c1. The minimum absolute atomic E-state index is 0.217. The highest BCUT2D eigenvalue weighted by Gasteiger charge is 2.14. The summed E-state index contributed by atoms with van der Waals surface area (Å²) in [5.41, 5.74) is 12.0. The van der Waals surface area contributed by atoms with Crippen molar-refractivity contribution in [2.75, 3.05) is 11.5 Å².